The van der Waals surface area contributed by atoms with Crippen LogP contribution >= 0.6 is 0 Å². The minimum Gasteiger partial charge on any atom is -0.492 e. The van der Waals surface area contributed by atoms with E-state index < -0.39 is 0 Å². The lowest BCUT2D eigenvalue weighted by molar-refractivity contribution is 0.318. The second kappa shape index (κ2) is 6.38. The van der Waals surface area contributed by atoms with Crippen LogP contribution in [0, 0.1) is 0 Å². The van der Waals surface area contributed by atoms with Crippen LogP contribution in [0.15, 0.2) is 35.1 Å². The highest BCUT2D eigenvalue weighted by Crippen LogP contribution is 2.19. The molecule has 1 aromatic carbocycles. The van der Waals surface area contributed by atoms with Gasteiger partial charge in [0, 0.05) is 25.2 Å². The summed E-state index contributed by atoms with van der Waals surface area (Å²) in [6.07, 6.45) is 0.934. The number of benzene rings is 1. The molecule has 0 radical (unpaired) electrons. The van der Waals surface area contributed by atoms with Crippen LogP contribution in [-0.4, -0.2) is 24.8 Å². The van der Waals surface area contributed by atoms with E-state index in [2.05, 4.69) is 12.2 Å². The average molecular weight is 260 g/mol. The third-order valence-corrected chi connectivity index (χ3v) is 3.03. The molecule has 0 aliphatic heterocycles. The molecule has 0 spiro atoms. The summed E-state index contributed by atoms with van der Waals surface area (Å²) in [6, 6.07) is 9.37. The largest absolute Gasteiger partial charge is 0.492 e. The molecule has 4 nitrogen and oxygen atoms in total. The number of nitrogens with zero attached hydrogens (tertiary/aromatic N) is 1. The monoisotopic (exact) mass is 260 g/mol. The maximum Gasteiger partial charge on any atom is 0.251 e. The molecule has 0 unspecified atom stereocenters. The van der Waals surface area contributed by atoms with Crippen molar-refractivity contribution in [3.8, 4) is 5.75 Å². The highest BCUT2D eigenvalue weighted by molar-refractivity contribution is 5.80. The lowest BCUT2D eigenvalue weighted by Gasteiger charge is -2.11. The van der Waals surface area contributed by atoms with Crippen molar-refractivity contribution in [3.05, 3.63) is 40.7 Å². The number of hydrogen-bond donors (Lipinski definition) is 1. The van der Waals surface area contributed by atoms with E-state index in [9.17, 15) is 4.79 Å². The van der Waals surface area contributed by atoms with Gasteiger partial charge in [0.25, 0.3) is 5.56 Å². The molecule has 0 saturated heterocycles. The van der Waals surface area contributed by atoms with Gasteiger partial charge in [-0.3, -0.25) is 4.79 Å². The Bertz CT molecular complexity index is 605. The van der Waals surface area contributed by atoms with Gasteiger partial charge < -0.3 is 14.6 Å². The van der Waals surface area contributed by atoms with Crippen molar-refractivity contribution in [2.75, 3.05) is 20.2 Å². The zero-order chi connectivity index (χ0) is 13.7. The Morgan fingerprint density at radius 3 is 2.79 bits per heavy atom. The molecule has 19 heavy (non-hydrogen) atoms. The SMILES string of the molecule is CCCn1c(=O)ccc2ccc(OCCNC)cc21. The first-order chi connectivity index (χ1) is 9.26. The van der Waals surface area contributed by atoms with Crippen LogP contribution in [0.5, 0.6) is 5.75 Å². The highest BCUT2D eigenvalue weighted by Gasteiger charge is 2.04. The second-order valence-corrected chi connectivity index (χ2v) is 4.50. The van der Waals surface area contributed by atoms with Crippen LogP contribution < -0.4 is 15.6 Å². The minimum atomic E-state index is 0.0433. The fraction of sp³-hybridized carbons (Fsp3) is 0.400. The van der Waals surface area contributed by atoms with Gasteiger partial charge in [0.05, 0.1) is 5.52 Å². The summed E-state index contributed by atoms with van der Waals surface area (Å²) in [5.74, 6) is 0.804. The van der Waals surface area contributed by atoms with Crippen molar-refractivity contribution in [1.82, 2.24) is 9.88 Å². The molecular weight excluding hydrogens is 240 g/mol. The Morgan fingerprint density at radius 2 is 2.05 bits per heavy atom. The highest BCUT2D eigenvalue weighted by atomic mass is 16.5. The van der Waals surface area contributed by atoms with Crippen LogP contribution in [0.3, 0.4) is 0 Å². The summed E-state index contributed by atoms with van der Waals surface area (Å²) in [6.45, 7) is 4.22. The Morgan fingerprint density at radius 1 is 1.26 bits per heavy atom. The molecule has 102 valence electrons. The van der Waals surface area contributed by atoms with Crippen molar-refractivity contribution in [3.63, 3.8) is 0 Å². The topological polar surface area (TPSA) is 43.3 Å². The third-order valence-electron chi connectivity index (χ3n) is 3.03. The Labute approximate surface area is 113 Å². The number of aryl methyl sites for hydroxylation is 1. The van der Waals surface area contributed by atoms with E-state index in [1.165, 1.54) is 0 Å². The molecule has 0 bridgehead atoms. The molecule has 0 saturated carbocycles. The van der Waals surface area contributed by atoms with Crippen molar-refractivity contribution in [1.29, 1.82) is 0 Å². The number of nitrogens with one attached hydrogen (secondary N) is 1. The average Bonchev–Trinajstić information content (AvgIpc) is 2.42. The molecule has 0 amide bonds. The molecule has 2 rings (SSSR count). The standard InChI is InChI=1S/C15H20N2O2/c1-3-9-17-14-11-13(19-10-8-16-2)6-4-12(14)5-7-15(17)18/h4-7,11,16H,3,8-10H2,1-2H3. The van der Waals surface area contributed by atoms with Gasteiger partial charge in [-0.2, -0.15) is 0 Å². The summed E-state index contributed by atoms with van der Waals surface area (Å²) < 4.78 is 7.46. The molecule has 1 aromatic heterocycles. The second-order valence-electron chi connectivity index (χ2n) is 4.50. The summed E-state index contributed by atoms with van der Waals surface area (Å²) in [5, 5.41) is 4.10. The molecule has 0 aliphatic carbocycles. The zero-order valence-electron chi connectivity index (χ0n) is 11.5. The number of rotatable bonds is 6. The lowest BCUT2D eigenvalue weighted by Crippen LogP contribution is -2.19. The number of ether oxygens (including phenoxy) is 1. The van der Waals surface area contributed by atoms with E-state index in [1.54, 1.807) is 10.6 Å². The smallest absolute Gasteiger partial charge is 0.251 e. The summed E-state index contributed by atoms with van der Waals surface area (Å²) in [4.78, 5) is 11.9. The quantitative estimate of drug-likeness (QED) is 0.808. The molecule has 0 fully saturated rings. The van der Waals surface area contributed by atoms with Crippen molar-refractivity contribution >= 4 is 10.9 Å². The van der Waals surface area contributed by atoms with Crippen LogP contribution in [-0.2, 0) is 6.54 Å². The van der Waals surface area contributed by atoms with Gasteiger partial charge in [-0.1, -0.05) is 6.92 Å². The summed E-state index contributed by atoms with van der Waals surface area (Å²) in [5.41, 5.74) is 0.984. The molecule has 4 heteroatoms. The van der Waals surface area contributed by atoms with Gasteiger partial charge in [0.1, 0.15) is 12.4 Å². The normalized spacial score (nSPS) is 10.8. The minimum absolute atomic E-state index is 0.0433. The van der Waals surface area contributed by atoms with E-state index in [0.717, 1.165) is 36.2 Å². The predicted molar refractivity (Wildman–Crippen MR) is 77.9 cm³/mol. The number of pyridine rings is 1. The van der Waals surface area contributed by atoms with E-state index in [4.69, 9.17) is 4.74 Å². The van der Waals surface area contributed by atoms with Gasteiger partial charge in [0.2, 0.25) is 0 Å². The Kier molecular flexibility index (Phi) is 4.58. The molecule has 0 atom stereocenters. The van der Waals surface area contributed by atoms with Crippen molar-refractivity contribution in [2.45, 2.75) is 19.9 Å². The Balaban J connectivity index is 2.38. The number of fused-ring (bicyclic) bond motifs is 1. The third kappa shape index (κ3) is 3.15. The first-order valence-corrected chi connectivity index (χ1v) is 6.67. The number of aromatic nitrogens is 1. The van der Waals surface area contributed by atoms with E-state index in [1.807, 2.05) is 31.3 Å². The molecule has 0 aliphatic rings. The molecule has 1 N–H and O–H groups in total. The van der Waals surface area contributed by atoms with Gasteiger partial charge in [0.15, 0.2) is 0 Å². The van der Waals surface area contributed by atoms with E-state index in [0.29, 0.717) is 6.61 Å². The maximum absolute atomic E-state index is 11.9. The fourth-order valence-electron chi connectivity index (χ4n) is 2.08. The predicted octanol–water partition coefficient (Wildman–Crippen LogP) is 2.01. The van der Waals surface area contributed by atoms with E-state index in [-0.39, 0.29) is 5.56 Å². The van der Waals surface area contributed by atoms with Crippen molar-refractivity contribution < 1.29 is 4.74 Å². The van der Waals surface area contributed by atoms with Gasteiger partial charge in [-0.05, 0) is 37.1 Å². The number of likely N-dealkylation sites (N-methyl/N-ethyl adjacent to an activating group) is 1. The maximum atomic E-state index is 11.9. The first-order valence-electron chi connectivity index (χ1n) is 6.67. The van der Waals surface area contributed by atoms with Crippen LogP contribution in [0.25, 0.3) is 10.9 Å². The van der Waals surface area contributed by atoms with Crippen LogP contribution in [0.1, 0.15) is 13.3 Å². The summed E-state index contributed by atoms with van der Waals surface area (Å²) >= 11 is 0. The summed E-state index contributed by atoms with van der Waals surface area (Å²) in [7, 11) is 1.89. The first kappa shape index (κ1) is 13.6. The van der Waals surface area contributed by atoms with Gasteiger partial charge >= 0.3 is 0 Å². The lowest BCUT2D eigenvalue weighted by atomic mass is 10.2. The molecule has 2 aromatic rings. The fourth-order valence-corrected chi connectivity index (χ4v) is 2.08. The van der Waals surface area contributed by atoms with E-state index >= 15 is 0 Å². The van der Waals surface area contributed by atoms with Gasteiger partial charge in [-0.15, -0.1) is 0 Å². The van der Waals surface area contributed by atoms with Crippen LogP contribution in [0.4, 0.5) is 0 Å². The molecular formula is C15H20N2O2. The Hall–Kier alpha value is -1.81. The zero-order valence-corrected chi connectivity index (χ0v) is 11.5. The molecule has 1 heterocycles. The van der Waals surface area contributed by atoms with Crippen molar-refractivity contribution in [2.24, 2.45) is 0 Å². The number of hydrogen-bond acceptors (Lipinski definition) is 3. The van der Waals surface area contributed by atoms with Gasteiger partial charge in [-0.25, -0.2) is 0 Å². The van der Waals surface area contributed by atoms with Crippen LogP contribution in [0.2, 0.25) is 0 Å².